The lowest BCUT2D eigenvalue weighted by molar-refractivity contribution is -0.142. The molecule has 1 amide bonds. The minimum Gasteiger partial charge on any atom is -0.480 e. The third-order valence-electron chi connectivity index (χ3n) is 4.34. The molecule has 5 nitrogen and oxygen atoms in total. The van der Waals surface area contributed by atoms with Crippen molar-refractivity contribution >= 4 is 28.3 Å². The lowest BCUT2D eigenvalue weighted by Gasteiger charge is -2.20. The summed E-state index contributed by atoms with van der Waals surface area (Å²) in [6, 6.07) is 13.3. The third kappa shape index (κ3) is 3.51. The number of likely N-dealkylation sites (tertiary alicyclic amines) is 1. The lowest BCUT2D eigenvalue weighted by Crippen LogP contribution is -2.37. The normalized spacial score (nSPS) is 18.2. The number of hydrogen-bond acceptors (Lipinski definition) is 3. The highest BCUT2D eigenvalue weighted by Gasteiger charge is 2.30. The van der Waals surface area contributed by atoms with Crippen molar-refractivity contribution in [3.05, 3.63) is 42.5 Å². The molecule has 120 valence electrons. The smallest absolute Gasteiger partial charge is 0.320 e. The zero-order chi connectivity index (χ0) is 16.2. The van der Waals surface area contributed by atoms with Crippen LogP contribution in [0.5, 0.6) is 0 Å². The van der Waals surface area contributed by atoms with Crippen molar-refractivity contribution in [2.24, 2.45) is 0 Å². The number of rotatable bonds is 5. The van der Waals surface area contributed by atoms with Crippen LogP contribution in [0.3, 0.4) is 0 Å². The highest BCUT2D eigenvalue weighted by atomic mass is 16.4. The van der Waals surface area contributed by atoms with E-state index in [2.05, 4.69) is 5.32 Å². The number of nitrogens with zero attached hydrogens (tertiary/aromatic N) is 1. The number of aliphatic carboxylic acids is 1. The standard InChI is InChI=1S/C18H20N2O3/c21-17(10-12-20-11-4-9-16(20)18(22)23)19-15-8-3-6-13-5-1-2-7-14(13)15/h1-3,5-8,16H,4,9-12H2,(H,19,21)(H,22,23). The van der Waals surface area contributed by atoms with Gasteiger partial charge in [0.25, 0.3) is 0 Å². The summed E-state index contributed by atoms with van der Waals surface area (Å²) in [5, 5.41) is 14.2. The number of amides is 1. The summed E-state index contributed by atoms with van der Waals surface area (Å²) in [7, 11) is 0. The molecule has 3 rings (SSSR count). The van der Waals surface area contributed by atoms with Crippen molar-refractivity contribution in [2.45, 2.75) is 25.3 Å². The molecule has 2 aromatic carbocycles. The molecule has 2 N–H and O–H groups in total. The van der Waals surface area contributed by atoms with Crippen molar-refractivity contribution in [3.8, 4) is 0 Å². The maximum Gasteiger partial charge on any atom is 0.320 e. The van der Waals surface area contributed by atoms with Crippen LogP contribution in [0, 0.1) is 0 Å². The van der Waals surface area contributed by atoms with Crippen LogP contribution in [0.4, 0.5) is 5.69 Å². The number of benzene rings is 2. The number of anilines is 1. The largest absolute Gasteiger partial charge is 0.480 e. The van der Waals surface area contributed by atoms with Gasteiger partial charge in [0.1, 0.15) is 6.04 Å². The van der Waals surface area contributed by atoms with Gasteiger partial charge in [-0.05, 0) is 30.8 Å². The van der Waals surface area contributed by atoms with Gasteiger partial charge in [-0.3, -0.25) is 14.5 Å². The summed E-state index contributed by atoms with van der Waals surface area (Å²) >= 11 is 0. The molecule has 5 heteroatoms. The Morgan fingerprint density at radius 1 is 1.17 bits per heavy atom. The molecule has 0 bridgehead atoms. The third-order valence-corrected chi connectivity index (χ3v) is 4.34. The first-order valence-corrected chi connectivity index (χ1v) is 7.89. The predicted octanol–water partition coefficient (Wildman–Crippen LogP) is 2.72. The minimum absolute atomic E-state index is 0.0857. The summed E-state index contributed by atoms with van der Waals surface area (Å²) in [5.41, 5.74) is 0.796. The van der Waals surface area contributed by atoms with Crippen LogP contribution in [0.2, 0.25) is 0 Å². The molecule has 0 saturated carbocycles. The fourth-order valence-electron chi connectivity index (χ4n) is 3.17. The number of carboxylic acids is 1. The Hall–Kier alpha value is -2.40. The van der Waals surface area contributed by atoms with Crippen LogP contribution in [0.15, 0.2) is 42.5 Å². The van der Waals surface area contributed by atoms with Crippen LogP contribution >= 0.6 is 0 Å². The number of carbonyl (C=O) groups is 2. The first-order valence-electron chi connectivity index (χ1n) is 7.89. The van der Waals surface area contributed by atoms with E-state index >= 15 is 0 Å². The van der Waals surface area contributed by atoms with Gasteiger partial charge in [0.05, 0.1) is 0 Å². The first-order chi connectivity index (χ1) is 11.1. The molecule has 2 aromatic rings. The second kappa shape index (κ2) is 6.79. The van der Waals surface area contributed by atoms with E-state index in [0.29, 0.717) is 19.4 Å². The molecule has 0 spiro atoms. The average Bonchev–Trinajstić information content (AvgIpc) is 3.02. The Morgan fingerprint density at radius 2 is 1.96 bits per heavy atom. The van der Waals surface area contributed by atoms with E-state index in [1.807, 2.05) is 47.4 Å². The molecule has 23 heavy (non-hydrogen) atoms. The highest BCUT2D eigenvalue weighted by Crippen LogP contribution is 2.23. The molecule has 1 saturated heterocycles. The fraction of sp³-hybridized carbons (Fsp3) is 0.333. The second-order valence-corrected chi connectivity index (χ2v) is 5.86. The number of hydrogen-bond donors (Lipinski definition) is 2. The van der Waals surface area contributed by atoms with Gasteiger partial charge in [-0.2, -0.15) is 0 Å². The van der Waals surface area contributed by atoms with Crippen molar-refractivity contribution in [1.82, 2.24) is 4.90 Å². The van der Waals surface area contributed by atoms with Crippen molar-refractivity contribution in [2.75, 3.05) is 18.4 Å². The van der Waals surface area contributed by atoms with E-state index in [1.165, 1.54) is 0 Å². The van der Waals surface area contributed by atoms with Gasteiger partial charge >= 0.3 is 5.97 Å². The van der Waals surface area contributed by atoms with Crippen molar-refractivity contribution in [1.29, 1.82) is 0 Å². The fourth-order valence-corrected chi connectivity index (χ4v) is 3.17. The minimum atomic E-state index is -0.794. The SMILES string of the molecule is O=C(CCN1CCCC1C(=O)O)Nc1cccc2ccccc12. The van der Waals surface area contributed by atoms with Crippen LogP contribution in [0.25, 0.3) is 10.8 Å². The summed E-state index contributed by atoms with van der Waals surface area (Å²) in [6.07, 6.45) is 1.84. The molecular weight excluding hydrogens is 292 g/mol. The summed E-state index contributed by atoms with van der Waals surface area (Å²) in [5.74, 6) is -0.880. The van der Waals surface area contributed by atoms with E-state index in [9.17, 15) is 9.59 Å². The quantitative estimate of drug-likeness (QED) is 0.890. The van der Waals surface area contributed by atoms with E-state index in [0.717, 1.165) is 29.4 Å². The molecule has 1 aliphatic heterocycles. The van der Waals surface area contributed by atoms with Gasteiger partial charge < -0.3 is 10.4 Å². The van der Waals surface area contributed by atoms with Crippen LogP contribution in [0.1, 0.15) is 19.3 Å². The molecule has 0 aliphatic carbocycles. The van der Waals surface area contributed by atoms with E-state index in [1.54, 1.807) is 0 Å². The maximum atomic E-state index is 12.2. The average molecular weight is 312 g/mol. The van der Waals surface area contributed by atoms with Gasteiger partial charge in [0, 0.05) is 24.0 Å². The molecule has 1 atom stereocenters. The number of carboxylic acid groups (broad SMARTS) is 1. The molecule has 1 aliphatic rings. The van der Waals surface area contributed by atoms with E-state index in [-0.39, 0.29) is 5.91 Å². The van der Waals surface area contributed by atoms with Crippen molar-refractivity contribution < 1.29 is 14.7 Å². The Labute approximate surface area is 134 Å². The van der Waals surface area contributed by atoms with Gasteiger partial charge in [0.15, 0.2) is 0 Å². The van der Waals surface area contributed by atoms with Gasteiger partial charge in [0.2, 0.25) is 5.91 Å². The highest BCUT2D eigenvalue weighted by molar-refractivity contribution is 6.02. The van der Waals surface area contributed by atoms with E-state index < -0.39 is 12.0 Å². The molecule has 1 unspecified atom stereocenters. The monoisotopic (exact) mass is 312 g/mol. The Morgan fingerprint density at radius 3 is 2.78 bits per heavy atom. The molecule has 1 fully saturated rings. The zero-order valence-electron chi connectivity index (χ0n) is 12.9. The lowest BCUT2D eigenvalue weighted by atomic mass is 10.1. The maximum absolute atomic E-state index is 12.2. The first kappa shape index (κ1) is 15.5. The van der Waals surface area contributed by atoms with Crippen LogP contribution in [-0.2, 0) is 9.59 Å². The number of nitrogens with one attached hydrogen (secondary N) is 1. The predicted molar refractivity (Wildman–Crippen MR) is 89.4 cm³/mol. The van der Waals surface area contributed by atoms with Crippen LogP contribution in [-0.4, -0.2) is 41.0 Å². The summed E-state index contributed by atoms with van der Waals surface area (Å²) < 4.78 is 0. The molecular formula is C18H20N2O3. The van der Waals surface area contributed by atoms with E-state index in [4.69, 9.17) is 5.11 Å². The second-order valence-electron chi connectivity index (χ2n) is 5.86. The summed E-state index contributed by atoms with van der Waals surface area (Å²) in [6.45, 7) is 1.23. The van der Waals surface area contributed by atoms with Crippen LogP contribution < -0.4 is 5.32 Å². The van der Waals surface area contributed by atoms with Gasteiger partial charge in [-0.25, -0.2) is 0 Å². The van der Waals surface area contributed by atoms with Gasteiger partial charge in [-0.1, -0.05) is 36.4 Å². The topological polar surface area (TPSA) is 69.6 Å². The molecule has 0 aromatic heterocycles. The Kier molecular flexibility index (Phi) is 4.57. The van der Waals surface area contributed by atoms with Gasteiger partial charge in [-0.15, -0.1) is 0 Å². The Bertz CT molecular complexity index is 724. The molecule has 1 heterocycles. The number of carbonyl (C=O) groups excluding carboxylic acids is 1. The zero-order valence-corrected chi connectivity index (χ0v) is 12.9. The van der Waals surface area contributed by atoms with Crippen molar-refractivity contribution in [3.63, 3.8) is 0 Å². The number of fused-ring (bicyclic) bond motifs is 1. The summed E-state index contributed by atoms with van der Waals surface area (Å²) in [4.78, 5) is 25.2. The molecule has 0 radical (unpaired) electrons. The Balaban J connectivity index is 1.62.